The first-order chi connectivity index (χ1) is 9.19. The lowest BCUT2D eigenvalue weighted by Crippen LogP contribution is -2.50. The van der Waals surface area contributed by atoms with Gasteiger partial charge in [-0.15, -0.1) is 0 Å². The molecule has 2 rings (SSSR count). The zero-order valence-electron chi connectivity index (χ0n) is 11.6. The molecular weight excluding hydrogens is 269 g/mol. The second-order valence-electron chi connectivity index (χ2n) is 5.75. The summed E-state index contributed by atoms with van der Waals surface area (Å²) in [4.78, 5) is 5.94. The van der Waals surface area contributed by atoms with Crippen LogP contribution >= 0.6 is 0 Å². The molecule has 0 radical (unpaired) electrons. The van der Waals surface area contributed by atoms with Crippen LogP contribution in [0, 0.1) is 6.92 Å². The van der Waals surface area contributed by atoms with E-state index in [-0.39, 0.29) is 5.92 Å². The molecule has 20 heavy (non-hydrogen) atoms. The van der Waals surface area contributed by atoms with E-state index in [4.69, 9.17) is 0 Å². The number of hydrogen-bond acceptors (Lipinski definition) is 3. The summed E-state index contributed by atoms with van der Waals surface area (Å²) in [5, 5.41) is 9.53. The van der Waals surface area contributed by atoms with Gasteiger partial charge >= 0.3 is 6.18 Å². The summed E-state index contributed by atoms with van der Waals surface area (Å²) < 4.78 is 38.0. The topological polar surface area (TPSA) is 36.4 Å². The minimum Gasteiger partial charge on any atom is -0.380 e. The fraction of sp³-hybridized carbons (Fsp3) is 0.643. The minimum absolute atomic E-state index is 0.138. The van der Waals surface area contributed by atoms with Crippen LogP contribution in [0.4, 0.5) is 13.2 Å². The average Bonchev–Trinajstić information content (AvgIpc) is 2.75. The molecule has 2 atom stereocenters. The number of alkyl halides is 3. The van der Waals surface area contributed by atoms with E-state index in [2.05, 4.69) is 4.98 Å². The van der Waals surface area contributed by atoms with Crippen molar-refractivity contribution in [2.24, 2.45) is 0 Å². The number of nitrogens with zero attached hydrogens (tertiary/aromatic N) is 2. The van der Waals surface area contributed by atoms with Crippen LogP contribution < -0.4 is 0 Å². The molecule has 2 heterocycles. The highest BCUT2D eigenvalue weighted by Gasteiger charge is 2.51. The molecule has 1 aromatic heterocycles. The molecule has 1 aromatic rings. The fourth-order valence-corrected chi connectivity index (χ4v) is 2.53. The molecule has 0 bridgehead atoms. The van der Waals surface area contributed by atoms with Crippen LogP contribution in [0.25, 0.3) is 0 Å². The van der Waals surface area contributed by atoms with Gasteiger partial charge in [-0.25, -0.2) is 0 Å². The highest BCUT2D eigenvalue weighted by molar-refractivity contribution is 5.19. The summed E-state index contributed by atoms with van der Waals surface area (Å²) in [5.74, 6) is 0.138. The number of aromatic nitrogens is 1. The molecule has 0 unspecified atom stereocenters. The van der Waals surface area contributed by atoms with Crippen LogP contribution in [-0.4, -0.2) is 46.4 Å². The third-order valence-corrected chi connectivity index (χ3v) is 3.77. The van der Waals surface area contributed by atoms with Crippen molar-refractivity contribution in [3.63, 3.8) is 0 Å². The number of aliphatic hydroxyl groups is 1. The molecule has 0 aliphatic carbocycles. The molecule has 1 saturated heterocycles. The summed E-state index contributed by atoms with van der Waals surface area (Å²) in [7, 11) is 0. The van der Waals surface area contributed by atoms with Gasteiger partial charge in [-0.2, -0.15) is 13.2 Å². The van der Waals surface area contributed by atoms with Gasteiger partial charge in [0.05, 0.1) is 0 Å². The third kappa shape index (κ3) is 3.30. The van der Waals surface area contributed by atoms with E-state index in [1.54, 1.807) is 11.1 Å². The molecule has 112 valence electrons. The first kappa shape index (κ1) is 15.3. The Labute approximate surface area is 116 Å². The van der Waals surface area contributed by atoms with Crippen LogP contribution in [0.5, 0.6) is 0 Å². The summed E-state index contributed by atoms with van der Waals surface area (Å²) in [6, 6.07) is 3.86. The summed E-state index contributed by atoms with van der Waals surface area (Å²) in [6.45, 7) is 3.45. The molecule has 1 fully saturated rings. The van der Waals surface area contributed by atoms with E-state index >= 15 is 0 Å². The molecule has 0 aromatic carbocycles. The Balaban J connectivity index is 2.00. The predicted molar refractivity (Wildman–Crippen MR) is 69.5 cm³/mol. The van der Waals surface area contributed by atoms with Crippen molar-refractivity contribution >= 4 is 0 Å². The minimum atomic E-state index is -4.60. The van der Waals surface area contributed by atoms with Crippen molar-refractivity contribution in [1.29, 1.82) is 0 Å². The second-order valence-corrected chi connectivity index (χ2v) is 5.75. The van der Waals surface area contributed by atoms with Crippen molar-refractivity contribution in [2.75, 3.05) is 19.6 Å². The Bertz CT molecular complexity index is 474. The number of β-amino-alcohol motifs (C(OH)–C–C–N with tert-alkyl or cyclic N) is 1. The highest BCUT2D eigenvalue weighted by atomic mass is 19.4. The van der Waals surface area contributed by atoms with E-state index in [1.807, 2.05) is 19.1 Å². The molecule has 1 aliphatic heterocycles. The monoisotopic (exact) mass is 288 g/mol. The smallest absolute Gasteiger partial charge is 0.380 e. The Morgan fingerprint density at radius 2 is 2.15 bits per heavy atom. The number of halogens is 3. The van der Waals surface area contributed by atoms with Crippen molar-refractivity contribution in [2.45, 2.75) is 38.0 Å². The molecule has 1 aliphatic rings. The lowest BCUT2D eigenvalue weighted by Gasteiger charge is -2.30. The lowest BCUT2D eigenvalue weighted by atomic mass is 10.0. The first-order valence-corrected chi connectivity index (χ1v) is 6.63. The summed E-state index contributed by atoms with van der Waals surface area (Å²) in [5.41, 5.74) is -0.656. The number of likely N-dealkylation sites (tertiary alicyclic amines) is 1. The molecule has 0 saturated carbocycles. The van der Waals surface area contributed by atoms with E-state index in [9.17, 15) is 18.3 Å². The molecule has 0 spiro atoms. The van der Waals surface area contributed by atoms with Gasteiger partial charge in [0.25, 0.3) is 0 Å². The van der Waals surface area contributed by atoms with Gasteiger partial charge in [-0.05, 0) is 44.5 Å². The Morgan fingerprint density at radius 1 is 1.45 bits per heavy atom. The van der Waals surface area contributed by atoms with Crippen molar-refractivity contribution in [1.82, 2.24) is 9.88 Å². The van der Waals surface area contributed by atoms with Gasteiger partial charge in [-0.1, -0.05) is 0 Å². The number of hydrogen-bond donors (Lipinski definition) is 1. The summed E-state index contributed by atoms with van der Waals surface area (Å²) in [6.07, 6.45) is -2.11. The molecular formula is C14H19F3N2O. The zero-order chi connectivity index (χ0) is 15.0. The van der Waals surface area contributed by atoms with Crippen LogP contribution in [0.3, 0.4) is 0 Å². The largest absolute Gasteiger partial charge is 0.418 e. The van der Waals surface area contributed by atoms with E-state index in [1.165, 1.54) is 0 Å². The maximum atomic E-state index is 12.7. The fourth-order valence-electron chi connectivity index (χ4n) is 2.53. The van der Waals surface area contributed by atoms with Gasteiger partial charge in [0.15, 0.2) is 5.60 Å². The molecule has 1 N–H and O–H groups in total. The van der Waals surface area contributed by atoms with Crippen LogP contribution in [0.2, 0.25) is 0 Å². The zero-order valence-corrected chi connectivity index (χ0v) is 11.6. The Hall–Kier alpha value is -1.14. The second kappa shape index (κ2) is 5.33. The molecule has 3 nitrogen and oxygen atoms in total. The van der Waals surface area contributed by atoms with Crippen molar-refractivity contribution < 1.29 is 18.3 Å². The average molecular weight is 288 g/mol. The SMILES string of the molecule is Cc1ccnc([C@@H]2CCN(C[C@](C)(O)C(F)(F)F)C2)c1. The Kier molecular flexibility index (Phi) is 4.07. The lowest BCUT2D eigenvalue weighted by molar-refractivity contribution is -0.256. The van der Waals surface area contributed by atoms with Crippen molar-refractivity contribution in [3.8, 4) is 0 Å². The first-order valence-electron chi connectivity index (χ1n) is 6.63. The van der Waals surface area contributed by atoms with Crippen molar-refractivity contribution in [3.05, 3.63) is 29.6 Å². The van der Waals surface area contributed by atoms with Crippen LogP contribution in [0.1, 0.15) is 30.5 Å². The van der Waals surface area contributed by atoms with E-state index < -0.39 is 18.3 Å². The molecule has 6 heteroatoms. The third-order valence-electron chi connectivity index (χ3n) is 3.77. The van der Waals surface area contributed by atoms with Crippen LogP contribution in [0.15, 0.2) is 18.3 Å². The van der Waals surface area contributed by atoms with Gasteiger partial charge in [0.2, 0.25) is 0 Å². The maximum Gasteiger partial charge on any atom is 0.418 e. The molecule has 0 amide bonds. The predicted octanol–water partition coefficient (Wildman–Crippen LogP) is 2.49. The van der Waals surface area contributed by atoms with Gasteiger partial charge in [0, 0.05) is 30.9 Å². The summed E-state index contributed by atoms with van der Waals surface area (Å²) >= 11 is 0. The quantitative estimate of drug-likeness (QED) is 0.928. The van der Waals surface area contributed by atoms with Crippen LogP contribution in [-0.2, 0) is 0 Å². The van der Waals surface area contributed by atoms with E-state index in [0.717, 1.165) is 24.6 Å². The Morgan fingerprint density at radius 3 is 2.75 bits per heavy atom. The van der Waals surface area contributed by atoms with E-state index in [0.29, 0.717) is 13.1 Å². The normalized spacial score (nSPS) is 23.8. The van der Waals surface area contributed by atoms with Gasteiger partial charge in [0.1, 0.15) is 0 Å². The standard InChI is InChI=1S/C14H19F3N2O/c1-10-3-5-18-12(7-10)11-4-6-19(8-11)9-13(2,20)14(15,16)17/h3,5,7,11,20H,4,6,8-9H2,1-2H3/t11-,13+/m1/s1. The number of aryl methyl sites for hydroxylation is 1. The number of rotatable bonds is 3. The van der Waals surface area contributed by atoms with Gasteiger partial charge in [-0.3, -0.25) is 9.88 Å². The number of pyridine rings is 1. The maximum absolute atomic E-state index is 12.7. The highest BCUT2D eigenvalue weighted by Crippen LogP contribution is 2.33. The van der Waals surface area contributed by atoms with Gasteiger partial charge < -0.3 is 5.11 Å².